The van der Waals surface area contributed by atoms with Gasteiger partial charge in [0.05, 0.1) is 10.6 Å². The third-order valence-electron chi connectivity index (χ3n) is 5.63. The minimum Gasteiger partial charge on any atom is -0.386 e. The Hall–Kier alpha value is -1.47. The van der Waals surface area contributed by atoms with Gasteiger partial charge < -0.3 is 10.2 Å². The number of rotatable bonds is 5. The lowest BCUT2D eigenvalue weighted by molar-refractivity contribution is -0.137. The zero-order valence-electron chi connectivity index (χ0n) is 16.2. The van der Waals surface area contributed by atoms with Crippen molar-refractivity contribution in [2.75, 3.05) is 37.6 Å². The molecule has 2 heterocycles. The number of piperazine rings is 1. The molecule has 3 rings (SSSR count). The van der Waals surface area contributed by atoms with Gasteiger partial charge in [-0.15, -0.1) is 0 Å². The Balaban J connectivity index is 1.47. The third kappa shape index (κ3) is 5.54. The van der Waals surface area contributed by atoms with Gasteiger partial charge in [0.25, 0.3) is 0 Å². The summed E-state index contributed by atoms with van der Waals surface area (Å²) in [7, 11) is 0. The number of hydrogen-bond donors (Lipinski definition) is 1. The highest BCUT2D eigenvalue weighted by atomic mass is 35.5. The predicted molar refractivity (Wildman–Crippen MR) is 107 cm³/mol. The number of alkyl halides is 3. The van der Waals surface area contributed by atoms with Crippen molar-refractivity contribution in [2.45, 2.75) is 44.8 Å². The van der Waals surface area contributed by atoms with Crippen molar-refractivity contribution in [1.29, 1.82) is 0 Å². The van der Waals surface area contributed by atoms with Crippen molar-refractivity contribution in [3.8, 4) is 0 Å². The van der Waals surface area contributed by atoms with Crippen molar-refractivity contribution in [3.05, 3.63) is 35.1 Å². The van der Waals surface area contributed by atoms with Gasteiger partial charge in [-0.2, -0.15) is 13.2 Å². The van der Waals surface area contributed by atoms with Crippen molar-refractivity contribution < 1.29 is 13.2 Å². The lowest BCUT2D eigenvalue weighted by Crippen LogP contribution is -2.48. The number of allylic oxidation sites excluding steroid dienone is 1. The summed E-state index contributed by atoms with van der Waals surface area (Å²) in [5.74, 6) is 1.16. The van der Waals surface area contributed by atoms with E-state index in [1.807, 2.05) is 11.8 Å². The summed E-state index contributed by atoms with van der Waals surface area (Å²) in [5, 5.41) is 3.51. The highest BCUT2D eigenvalue weighted by Gasteiger charge is 2.32. The maximum Gasteiger partial charge on any atom is 0.417 e. The molecule has 0 unspecified atom stereocenters. The normalized spacial score (nSPS) is 24.2. The van der Waals surface area contributed by atoms with Crippen LogP contribution in [0.4, 0.5) is 19.0 Å². The van der Waals surface area contributed by atoms with E-state index < -0.39 is 11.7 Å². The predicted octanol–water partition coefficient (Wildman–Crippen LogP) is 4.56. The van der Waals surface area contributed by atoms with E-state index in [1.165, 1.54) is 25.7 Å². The summed E-state index contributed by atoms with van der Waals surface area (Å²) >= 11 is 6.08. The summed E-state index contributed by atoms with van der Waals surface area (Å²) in [6.07, 6.45) is 1.25. The molecule has 0 bridgehead atoms. The first-order valence-electron chi connectivity index (χ1n) is 9.84. The van der Waals surface area contributed by atoms with Crippen LogP contribution in [0.1, 0.15) is 38.2 Å². The highest BCUT2D eigenvalue weighted by molar-refractivity contribution is 6.33. The van der Waals surface area contributed by atoms with E-state index in [2.05, 4.69) is 21.8 Å². The Morgan fingerprint density at radius 1 is 1.21 bits per heavy atom. The van der Waals surface area contributed by atoms with E-state index in [0.29, 0.717) is 17.8 Å². The first kappa shape index (κ1) is 21.2. The first-order valence-corrected chi connectivity index (χ1v) is 10.2. The van der Waals surface area contributed by atoms with Gasteiger partial charge >= 0.3 is 6.18 Å². The zero-order chi connectivity index (χ0) is 20.3. The Bertz CT molecular complexity index is 679. The second kappa shape index (κ2) is 8.91. The number of aromatic nitrogens is 1. The van der Waals surface area contributed by atoms with Gasteiger partial charge in [0.15, 0.2) is 0 Å². The average Bonchev–Trinajstić information content (AvgIpc) is 2.63. The Kier molecular flexibility index (Phi) is 6.76. The highest BCUT2D eigenvalue weighted by Crippen LogP contribution is 2.34. The number of nitrogens with zero attached hydrogens (tertiary/aromatic N) is 3. The van der Waals surface area contributed by atoms with Gasteiger partial charge in [0.2, 0.25) is 0 Å². The van der Waals surface area contributed by atoms with Crippen LogP contribution in [0.2, 0.25) is 5.02 Å². The smallest absolute Gasteiger partial charge is 0.386 e. The molecule has 1 aromatic heterocycles. The van der Waals surface area contributed by atoms with Crippen LogP contribution < -0.4 is 10.2 Å². The maximum absolute atomic E-state index is 12.8. The van der Waals surface area contributed by atoms with Crippen LogP contribution >= 0.6 is 11.6 Å². The molecule has 0 atom stereocenters. The van der Waals surface area contributed by atoms with Gasteiger partial charge in [0, 0.05) is 50.7 Å². The molecule has 0 amide bonds. The van der Waals surface area contributed by atoms with E-state index in [0.717, 1.165) is 50.7 Å². The number of nitrogens with one attached hydrogen (secondary N) is 1. The standard InChI is InChI=1S/C20H28ClF3N4/c1-14(2)26-17-5-3-15(4-6-17)13-27-7-9-28(10-8-27)19-18(21)11-16(12-25-19)20(22,23)24/h11-12,15,17,26H,1,3-10,13H2,2H3/t15-,17-. The Morgan fingerprint density at radius 3 is 2.39 bits per heavy atom. The summed E-state index contributed by atoms with van der Waals surface area (Å²) in [6.45, 7) is 10.2. The SMILES string of the molecule is C=C(C)N[C@H]1CC[C@H](CN2CCN(c3ncc(C(F)(F)F)cc3Cl)CC2)CC1. The largest absolute Gasteiger partial charge is 0.417 e. The Labute approximate surface area is 169 Å². The monoisotopic (exact) mass is 416 g/mol. The zero-order valence-corrected chi connectivity index (χ0v) is 17.0. The van der Waals surface area contributed by atoms with Gasteiger partial charge in [-0.05, 0) is 44.6 Å². The van der Waals surface area contributed by atoms with Crippen molar-refractivity contribution in [3.63, 3.8) is 0 Å². The molecule has 0 radical (unpaired) electrons. The molecule has 1 N–H and O–H groups in total. The fourth-order valence-electron chi connectivity index (χ4n) is 4.16. The molecule has 1 aliphatic heterocycles. The van der Waals surface area contributed by atoms with Crippen molar-refractivity contribution >= 4 is 17.4 Å². The van der Waals surface area contributed by atoms with Gasteiger partial charge in [-0.3, -0.25) is 4.90 Å². The minimum absolute atomic E-state index is 0.0617. The number of halogens is 4. The summed E-state index contributed by atoms with van der Waals surface area (Å²) < 4.78 is 38.3. The number of anilines is 1. The van der Waals surface area contributed by atoms with Gasteiger partial charge in [-0.25, -0.2) is 4.98 Å². The van der Waals surface area contributed by atoms with Crippen LogP contribution in [0, 0.1) is 5.92 Å². The summed E-state index contributed by atoms with van der Waals surface area (Å²) in [4.78, 5) is 8.41. The van der Waals surface area contributed by atoms with E-state index in [9.17, 15) is 13.2 Å². The van der Waals surface area contributed by atoms with E-state index in [-0.39, 0.29) is 5.02 Å². The molecule has 4 nitrogen and oxygen atoms in total. The van der Waals surface area contributed by atoms with Crippen molar-refractivity contribution in [2.24, 2.45) is 5.92 Å². The molecule has 1 saturated heterocycles. The van der Waals surface area contributed by atoms with Crippen LogP contribution in [0.25, 0.3) is 0 Å². The molecular weight excluding hydrogens is 389 g/mol. The fraction of sp³-hybridized carbons (Fsp3) is 0.650. The lowest BCUT2D eigenvalue weighted by Gasteiger charge is -2.39. The lowest BCUT2D eigenvalue weighted by atomic mass is 9.85. The second-order valence-electron chi connectivity index (χ2n) is 7.96. The molecule has 1 saturated carbocycles. The van der Waals surface area contributed by atoms with Crippen LogP contribution in [0.5, 0.6) is 0 Å². The summed E-state index contributed by atoms with van der Waals surface area (Å²) in [6, 6.07) is 1.52. The molecule has 2 fully saturated rings. The van der Waals surface area contributed by atoms with Crippen LogP contribution in [-0.4, -0.2) is 48.6 Å². The van der Waals surface area contributed by atoms with E-state index >= 15 is 0 Å². The first-order chi connectivity index (χ1) is 13.2. The maximum atomic E-state index is 12.8. The molecule has 2 aliphatic rings. The van der Waals surface area contributed by atoms with Crippen LogP contribution in [0.15, 0.2) is 24.5 Å². The number of hydrogen-bond acceptors (Lipinski definition) is 4. The van der Waals surface area contributed by atoms with E-state index in [1.54, 1.807) is 0 Å². The average molecular weight is 417 g/mol. The summed E-state index contributed by atoms with van der Waals surface area (Å²) in [5.41, 5.74) is 0.228. The molecule has 0 aromatic carbocycles. The van der Waals surface area contributed by atoms with Gasteiger partial charge in [0.1, 0.15) is 5.82 Å². The molecule has 1 aliphatic carbocycles. The molecular formula is C20H28ClF3N4. The minimum atomic E-state index is -4.42. The molecule has 28 heavy (non-hydrogen) atoms. The van der Waals surface area contributed by atoms with Crippen LogP contribution in [-0.2, 0) is 6.18 Å². The second-order valence-corrected chi connectivity index (χ2v) is 8.36. The van der Waals surface area contributed by atoms with E-state index in [4.69, 9.17) is 11.6 Å². The van der Waals surface area contributed by atoms with Crippen molar-refractivity contribution in [1.82, 2.24) is 15.2 Å². The van der Waals surface area contributed by atoms with Crippen LogP contribution in [0.3, 0.4) is 0 Å². The fourth-order valence-corrected chi connectivity index (χ4v) is 4.45. The van der Waals surface area contributed by atoms with Gasteiger partial charge in [-0.1, -0.05) is 18.2 Å². The molecule has 156 valence electrons. The molecule has 0 spiro atoms. The Morgan fingerprint density at radius 2 is 1.86 bits per heavy atom. The topological polar surface area (TPSA) is 31.4 Å². The molecule has 8 heteroatoms. The number of pyridine rings is 1. The third-order valence-corrected chi connectivity index (χ3v) is 5.91. The quantitative estimate of drug-likeness (QED) is 0.762. The molecule has 1 aromatic rings.